The number of hydrogen-bond acceptors (Lipinski definition) is 3. The van der Waals surface area contributed by atoms with Gasteiger partial charge in [0.1, 0.15) is 0 Å². The lowest BCUT2D eigenvalue weighted by atomic mass is 9.81. The van der Waals surface area contributed by atoms with Crippen molar-refractivity contribution in [2.24, 2.45) is 0 Å². The molecule has 0 radical (unpaired) electrons. The van der Waals surface area contributed by atoms with Crippen LogP contribution in [-0.2, 0) is 24.2 Å². The predicted molar refractivity (Wildman–Crippen MR) is 114 cm³/mol. The van der Waals surface area contributed by atoms with Gasteiger partial charge in [0.2, 0.25) is 0 Å². The molecule has 0 amide bonds. The molecule has 0 bridgehead atoms. The van der Waals surface area contributed by atoms with Gasteiger partial charge in [-0.25, -0.2) is 4.31 Å². The van der Waals surface area contributed by atoms with Gasteiger partial charge in [0, 0.05) is 18.3 Å². The Balaban J connectivity index is 2.17. The fraction of sp³-hybridized carbons (Fsp3) is 0.435. The molecule has 4 heteroatoms. The van der Waals surface area contributed by atoms with Crippen molar-refractivity contribution in [2.45, 2.75) is 59.3 Å². The van der Waals surface area contributed by atoms with E-state index in [1.54, 1.807) is 0 Å². The molecule has 1 aliphatic heterocycles. The van der Waals surface area contributed by atoms with Crippen LogP contribution < -0.4 is 0 Å². The number of nitrogens with zero attached hydrogens (tertiary/aromatic N) is 1. The Hall–Kier alpha value is -1.78. The number of aryl methyl sites for hydroxylation is 1. The van der Waals surface area contributed by atoms with Gasteiger partial charge in [-0.05, 0) is 66.1 Å². The van der Waals surface area contributed by atoms with Crippen LogP contribution in [0.5, 0.6) is 0 Å². The van der Waals surface area contributed by atoms with Gasteiger partial charge in [0.15, 0.2) is 0 Å². The number of benzene rings is 2. The number of hydrogen-bond donors (Lipinski definition) is 1. The summed E-state index contributed by atoms with van der Waals surface area (Å²) in [6, 6.07) is 8.46. The van der Waals surface area contributed by atoms with Gasteiger partial charge >= 0.3 is 5.97 Å². The molecule has 0 aliphatic carbocycles. The maximum atomic E-state index is 11.6. The highest BCUT2D eigenvalue weighted by Gasteiger charge is 2.26. The fourth-order valence-electron chi connectivity index (χ4n) is 4.12. The van der Waals surface area contributed by atoms with Gasteiger partial charge in [0.25, 0.3) is 0 Å². The van der Waals surface area contributed by atoms with E-state index in [4.69, 9.17) is 0 Å². The van der Waals surface area contributed by atoms with Crippen LogP contribution in [0.2, 0.25) is 0 Å². The van der Waals surface area contributed by atoms with Crippen LogP contribution in [0.4, 0.5) is 0 Å². The maximum Gasteiger partial charge on any atom is 0.307 e. The summed E-state index contributed by atoms with van der Waals surface area (Å²) in [4.78, 5) is 11.6. The molecule has 27 heavy (non-hydrogen) atoms. The molecule has 0 saturated heterocycles. The lowest BCUT2D eigenvalue weighted by molar-refractivity contribution is -0.136. The Morgan fingerprint density at radius 3 is 2.37 bits per heavy atom. The summed E-state index contributed by atoms with van der Waals surface area (Å²) in [5.74, 6) is -0.765. The van der Waals surface area contributed by atoms with Crippen LogP contribution in [-0.4, -0.2) is 27.2 Å². The lowest BCUT2D eigenvalue weighted by Crippen LogP contribution is -2.28. The largest absolute Gasteiger partial charge is 0.481 e. The number of carboxylic acid groups (broad SMARTS) is 1. The third-order valence-corrected chi connectivity index (χ3v) is 6.40. The molecule has 2 aromatic rings. The predicted octanol–water partition coefficient (Wildman–Crippen LogP) is 5.32. The summed E-state index contributed by atoms with van der Waals surface area (Å²) in [6.45, 7) is 12.8. The van der Waals surface area contributed by atoms with Crippen molar-refractivity contribution in [3.05, 3.63) is 57.6 Å². The van der Waals surface area contributed by atoms with Crippen LogP contribution in [0, 0.1) is 20.8 Å². The minimum Gasteiger partial charge on any atom is -0.481 e. The first-order valence-electron chi connectivity index (χ1n) is 9.62. The molecule has 3 rings (SSSR count). The summed E-state index contributed by atoms with van der Waals surface area (Å²) in [6.07, 6.45) is 1.07. The molecule has 3 nitrogen and oxygen atoms in total. The van der Waals surface area contributed by atoms with Crippen LogP contribution in [0.25, 0.3) is 11.1 Å². The van der Waals surface area contributed by atoms with Crippen molar-refractivity contribution in [3.8, 4) is 11.1 Å². The van der Waals surface area contributed by atoms with Gasteiger partial charge in [-0.15, -0.1) is 0 Å². The zero-order chi connectivity index (χ0) is 19.7. The Labute approximate surface area is 166 Å². The molecule has 0 atom stereocenters. The first kappa shape index (κ1) is 20.0. The highest BCUT2D eigenvalue weighted by molar-refractivity contribution is 7.97. The van der Waals surface area contributed by atoms with Crippen molar-refractivity contribution >= 4 is 17.9 Å². The quantitative estimate of drug-likeness (QED) is 0.709. The van der Waals surface area contributed by atoms with E-state index in [1.165, 1.54) is 27.8 Å². The Kier molecular flexibility index (Phi) is 5.97. The van der Waals surface area contributed by atoms with E-state index < -0.39 is 5.97 Å². The molecule has 1 aliphatic rings. The molecule has 2 aromatic carbocycles. The topological polar surface area (TPSA) is 40.5 Å². The first-order valence-corrected chi connectivity index (χ1v) is 10.5. The molecule has 0 aromatic heterocycles. The smallest absolute Gasteiger partial charge is 0.307 e. The van der Waals surface area contributed by atoms with E-state index in [0.29, 0.717) is 5.25 Å². The van der Waals surface area contributed by atoms with Crippen molar-refractivity contribution < 1.29 is 9.90 Å². The van der Waals surface area contributed by atoms with Crippen molar-refractivity contribution in [1.29, 1.82) is 0 Å². The Bertz CT molecular complexity index is 856. The van der Waals surface area contributed by atoms with Crippen LogP contribution in [0.1, 0.15) is 47.2 Å². The van der Waals surface area contributed by atoms with E-state index in [1.807, 2.05) is 11.9 Å². The lowest BCUT2D eigenvalue weighted by Gasteiger charge is -2.33. The molecule has 0 fully saturated rings. The molecule has 0 unspecified atom stereocenters. The third-order valence-electron chi connectivity index (χ3n) is 5.37. The highest BCUT2D eigenvalue weighted by Crippen LogP contribution is 2.39. The number of fused-ring (bicyclic) bond motifs is 1. The van der Waals surface area contributed by atoms with Crippen LogP contribution in [0.15, 0.2) is 24.3 Å². The van der Waals surface area contributed by atoms with Crippen LogP contribution in [0.3, 0.4) is 0 Å². The standard InChI is InChI=1S/C23H29NO2S/c1-14(2)27-24-11-10-19-16(4)20(12-22(25)26)23(17(5)21(19)13-24)18-8-6-15(3)7-9-18/h6-9,14H,10-13H2,1-5H3,(H,25,26). The normalized spacial score (nSPS) is 14.4. The number of rotatable bonds is 5. The van der Waals surface area contributed by atoms with Crippen molar-refractivity contribution in [2.75, 3.05) is 6.54 Å². The Morgan fingerprint density at radius 2 is 1.78 bits per heavy atom. The van der Waals surface area contributed by atoms with Gasteiger partial charge in [-0.2, -0.15) is 0 Å². The van der Waals surface area contributed by atoms with E-state index in [0.717, 1.165) is 36.2 Å². The van der Waals surface area contributed by atoms with Gasteiger partial charge in [-0.3, -0.25) is 4.79 Å². The average Bonchev–Trinajstić information content (AvgIpc) is 2.60. The van der Waals surface area contributed by atoms with Gasteiger partial charge in [0.05, 0.1) is 6.42 Å². The second kappa shape index (κ2) is 8.07. The second-order valence-corrected chi connectivity index (χ2v) is 9.43. The maximum absolute atomic E-state index is 11.6. The average molecular weight is 384 g/mol. The molecule has 1 N–H and O–H groups in total. The van der Waals surface area contributed by atoms with Gasteiger partial charge < -0.3 is 5.11 Å². The zero-order valence-corrected chi connectivity index (χ0v) is 17.7. The Morgan fingerprint density at radius 1 is 1.11 bits per heavy atom. The van der Waals surface area contributed by atoms with E-state index in [9.17, 15) is 9.90 Å². The molecular formula is C23H29NO2S. The monoisotopic (exact) mass is 383 g/mol. The minimum atomic E-state index is -0.765. The minimum absolute atomic E-state index is 0.0770. The van der Waals surface area contributed by atoms with Crippen LogP contribution >= 0.6 is 11.9 Å². The highest BCUT2D eigenvalue weighted by atomic mass is 32.2. The fourth-order valence-corrected chi connectivity index (χ4v) is 5.11. The first-order chi connectivity index (χ1) is 12.8. The summed E-state index contributed by atoms with van der Waals surface area (Å²) >= 11 is 1.91. The van der Waals surface area contributed by atoms with Gasteiger partial charge in [-0.1, -0.05) is 55.6 Å². The van der Waals surface area contributed by atoms with E-state index in [-0.39, 0.29) is 6.42 Å². The molecule has 0 spiro atoms. The third kappa shape index (κ3) is 4.22. The summed E-state index contributed by atoms with van der Waals surface area (Å²) in [5.41, 5.74) is 9.58. The molecule has 0 saturated carbocycles. The van der Waals surface area contributed by atoms with E-state index in [2.05, 4.69) is 63.2 Å². The SMILES string of the molecule is Cc1ccc(-c2c(C)c3c(c(C)c2CC(=O)O)CCN(SC(C)C)C3)cc1. The molecular weight excluding hydrogens is 354 g/mol. The van der Waals surface area contributed by atoms with Crippen molar-refractivity contribution in [1.82, 2.24) is 4.31 Å². The molecule has 1 heterocycles. The zero-order valence-electron chi connectivity index (χ0n) is 16.9. The van der Waals surface area contributed by atoms with Crippen molar-refractivity contribution in [3.63, 3.8) is 0 Å². The number of aliphatic carboxylic acids is 1. The summed E-state index contributed by atoms with van der Waals surface area (Å²) < 4.78 is 2.45. The summed E-state index contributed by atoms with van der Waals surface area (Å²) in [5, 5.41) is 10.1. The van der Waals surface area contributed by atoms with E-state index >= 15 is 0 Å². The number of carboxylic acids is 1. The number of carbonyl (C=O) groups is 1. The summed E-state index contributed by atoms with van der Waals surface area (Å²) in [7, 11) is 0. The second-order valence-electron chi connectivity index (χ2n) is 7.76. The molecule has 144 valence electrons.